The Hall–Kier alpha value is -1.19. The van der Waals surface area contributed by atoms with Crippen LogP contribution in [0.25, 0.3) is 10.4 Å². The number of hydrogen-bond acceptors (Lipinski definition) is 2. The molecule has 1 aromatic carbocycles. The van der Waals surface area contributed by atoms with Crippen molar-refractivity contribution in [2.45, 2.75) is 26.8 Å². The van der Waals surface area contributed by atoms with E-state index in [9.17, 15) is 4.39 Å². The summed E-state index contributed by atoms with van der Waals surface area (Å²) in [5.41, 5.74) is 2.91. The summed E-state index contributed by atoms with van der Waals surface area (Å²) in [7, 11) is 0. The monoisotopic (exact) mass is 263 g/mol. The van der Waals surface area contributed by atoms with Crippen molar-refractivity contribution in [2.24, 2.45) is 0 Å². The van der Waals surface area contributed by atoms with Crippen molar-refractivity contribution in [3.8, 4) is 10.4 Å². The van der Waals surface area contributed by atoms with E-state index >= 15 is 0 Å². The second-order valence-corrected chi connectivity index (χ2v) is 5.33. The van der Waals surface area contributed by atoms with Crippen LogP contribution in [0.3, 0.4) is 0 Å². The van der Waals surface area contributed by atoms with Crippen LogP contribution in [-0.2, 0) is 6.54 Å². The molecule has 0 aliphatic heterocycles. The van der Waals surface area contributed by atoms with Crippen LogP contribution in [-0.4, -0.2) is 6.54 Å². The van der Waals surface area contributed by atoms with Crippen molar-refractivity contribution in [1.29, 1.82) is 0 Å². The largest absolute Gasteiger partial charge is 0.313 e. The van der Waals surface area contributed by atoms with Gasteiger partial charge in [0.2, 0.25) is 0 Å². The van der Waals surface area contributed by atoms with Crippen LogP contribution in [0.1, 0.15) is 24.5 Å². The first-order valence-corrected chi connectivity index (χ1v) is 7.14. The average molecular weight is 263 g/mol. The maximum Gasteiger partial charge on any atom is 0.128 e. The van der Waals surface area contributed by atoms with Gasteiger partial charge in [-0.2, -0.15) is 0 Å². The van der Waals surface area contributed by atoms with E-state index in [-0.39, 0.29) is 5.82 Å². The van der Waals surface area contributed by atoms with Gasteiger partial charge in [-0.1, -0.05) is 19.1 Å². The van der Waals surface area contributed by atoms with Gasteiger partial charge in [0.05, 0.1) is 0 Å². The summed E-state index contributed by atoms with van der Waals surface area (Å²) >= 11 is 1.66. The molecular formula is C15H18FNS. The Morgan fingerprint density at radius 1 is 1.28 bits per heavy atom. The van der Waals surface area contributed by atoms with E-state index < -0.39 is 0 Å². The summed E-state index contributed by atoms with van der Waals surface area (Å²) in [6, 6.07) is 7.59. The summed E-state index contributed by atoms with van der Waals surface area (Å²) in [5, 5.41) is 5.26. The highest BCUT2D eigenvalue weighted by Crippen LogP contribution is 2.30. The molecule has 0 saturated heterocycles. The molecule has 0 aliphatic carbocycles. The maximum atomic E-state index is 14.0. The number of thiophene rings is 1. The van der Waals surface area contributed by atoms with E-state index in [2.05, 4.69) is 25.2 Å². The third-order valence-electron chi connectivity index (χ3n) is 2.92. The minimum absolute atomic E-state index is 0.121. The molecule has 1 nitrogen and oxygen atoms in total. The summed E-state index contributed by atoms with van der Waals surface area (Å²) in [6.07, 6.45) is 1.06. The van der Waals surface area contributed by atoms with Gasteiger partial charge in [-0.25, -0.2) is 4.39 Å². The van der Waals surface area contributed by atoms with E-state index in [1.54, 1.807) is 17.4 Å². The SMILES string of the molecule is CCCNCc1ccc(-c2sccc2C)cc1F. The highest BCUT2D eigenvalue weighted by atomic mass is 32.1. The van der Waals surface area contributed by atoms with Crippen LogP contribution in [0.2, 0.25) is 0 Å². The lowest BCUT2D eigenvalue weighted by Gasteiger charge is -2.07. The zero-order valence-corrected chi connectivity index (χ0v) is 11.6. The Morgan fingerprint density at radius 3 is 2.72 bits per heavy atom. The highest BCUT2D eigenvalue weighted by molar-refractivity contribution is 7.13. The lowest BCUT2D eigenvalue weighted by Crippen LogP contribution is -2.14. The first kappa shape index (κ1) is 13.2. The van der Waals surface area contributed by atoms with Gasteiger partial charge in [-0.15, -0.1) is 11.3 Å². The molecule has 0 spiro atoms. The minimum Gasteiger partial charge on any atom is -0.313 e. The number of rotatable bonds is 5. The summed E-state index contributed by atoms with van der Waals surface area (Å²) in [6.45, 7) is 5.68. The molecule has 0 bridgehead atoms. The Morgan fingerprint density at radius 2 is 2.11 bits per heavy atom. The third-order valence-corrected chi connectivity index (χ3v) is 3.99. The van der Waals surface area contributed by atoms with Crippen LogP contribution in [0.5, 0.6) is 0 Å². The Kier molecular flexibility index (Phi) is 4.50. The predicted octanol–water partition coefficient (Wildman–Crippen LogP) is 4.36. The lowest BCUT2D eigenvalue weighted by atomic mass is 10.1. The van der Waals surface area contributed by atoms with Crippen molar-refractivity contribution in [1.82, 2.24) is 5.32 Å². The van der Waals surface area contributed by atoms with Gasteiger partial charge >= 0.3 is 0 Å². The second kappa shape index (κ2) is 6.12. The van der Waals surface area contributed by atoms with Crippen molar-refractivity contribution in [3.63, 3.8) is 0 Å². The van der Waals surface area contributed by atoms with E-state index in [1.165, 1.54) is 5.56 Å². The number of nitrogens with one attached hydrogen (secondary N) is 1. The molecule has 1 N–H and O–H groups in total. The zero-order chi connectivity index (χ0) is 13.0. The molecule has 0 atom stereocenters. The average Bonchev–Trinajstić information content (AvgIpc) is 2.78. The van der Waals surface area contributed by atoms with Gasteiger partial charge in [0.25, 0.3) is 0 Å². The van der Waals surface area contributed by atoms with Gasteiger partial charge in [-0.05, 0) is 48.5 Å². The first-order chi connectivity index (χ1) is 8.72. The molecular weight excluding hydrogens is 245 g/mol. The normalized spacial score (nSPS) is 10.8. The van der Waals surface area contributed by atoms with Gasteiger partial charge in [0.1, 0.15) is 5.82 Å². The van der Waals surface area contributed by atoms with Crippen LogP contribution >= 0.6 is 11.3 Å². The fraction of sp³-hybridized carbons (Fsp3) is 0.333. The van der Waals surface area contributed by atoms with Crippen molar-refractivity contribution in [3.05, 3.63) is 46.6 Å². The highest BCUT2D eigenvalue weighted by Gasteiger charge is 2.07. The molecule has 3 heteroatoms. The van der Waals surface area contributed by atoms with Crippen LogP contribution in [0.15, 0.2) is 29.6 Å². The number of benzene rings is 1. The molecule has 18 heavy (non-hydrogen) atoms. The van der Waals surface area contributed by atoms with E-state index in [4.69, 9.17) is 0 Å². The first-order valence-electron chi connectivity index (χ1n) is 6.26. The van der Waals surface area contributed by atoms with Gasteiger partial charge in [0, 0.05) is 17.0 Å². The fourth-order valence-corrected chi connectivity index (χ4v) is 2.83. The minimum atomic E-state index is -0.121. The molecule has 1 aromatic heterocycles. The quantitative estimate of drug-likeness (QED) is 0.790. The van der Waals surface area contributed by atoms with E-state index in [0.29, 0.717) is 6.54 Å². The summed E-state index contributed by atoms with van der Waals surface area (Å²) in [4.78, 5) is 1.15. The topological polar surface area (TPSA) is 12.0 Å². The van der Waals surface area contributed by atoms with Crippen LogP contribution in [0, 0.1) is 12.7 Å². The molecule has 0 fully saturated rings. The van der Waals surface area contributed by atoms with Gasteiger partial charge < -0.3 is 5.32 Å². The molecule has 0 aliphatic rings. The second-order valence-electron chi connectivity index (χ2n) is 4.42. The molecule has 2 aromatic rings. The standard InChI is InChI=1S/C15H18FNS/c1-3-7-17-10-13-5-4-12(9-14(13)16)15-11(2)6-8-18-15/h4-6,8-9,17H,3,7,10H2,1-2H3. The van der Waals surface area contributed by atoms with E-state index in [0.717, 1.165) is 29.0 Å². The molecule has 0 saturated carbocycles. The number of aryl methyl sites for hydroxylation is 1. The fourth-order valence-electron chi connectivity index (χ4n) is 1.90. The maximum absolute atomic E-state index is 14.0. The molecule has 0 amide bonds. The Bertz CT molecular complexity index is 519. The summed E-state index contributed by atoms with van der Waals surface area (Å²) < 4.78 is 14.0. The number of halogens is 1. The van der Waals surface area contributed by atoms with Crippen molar-refractivity contribution in [2.75, 3.05) is 6.54 Å². The van der Waals surface area contributed by atoms with Crippen molar-refractivity contribution < 1.29 is 4.39 Å². The van der Waals surface area contributed by atoms with E-state index in [1.807, 2.05) is 17.5 Å². The molecule has 0 radical (unpaired) electrons. The van der Waals surface area contributed by atoms with Crippen LogP contribution in [0.4, 0.5) is 4.39 Å². The Labute approximate surface area is 112 Å². The zero-order valence-electron chi connectivity index (χ0n) is 10.8. The van der Waals surface area contributed by atoms with Gasteiger partial charge in [-0.3, -0.25) is 0 Å². The lowest BCUT2D eigenvalue weighted by molar-refractivity contribution is 0.587. The van der Waals surface area contributed by atoms with Crippen molar-refractivity contribution >= 4 is 11.3 Å². The van der Waals surface area contributed by atoms with Crippen LogP contribution < -0.4 is 5.32 Å². The molecule has 1 heterocycles. The van der Waals surface area contributed by atoms with Gasteiger partial charge in [0.15, 0.2) is 0 Å². The number of hydrogen-bond donors (Lipinski definition) is 1. The smallest absolute Gasteiger partial charge is 0.128 e. The molecule has 96 valence electrons. The Balaban J connectivity index is 2.17. The molecule has 2 rings (SSSR count). The predicted molar refractivity (Wildman–Crippen MR) is 76.4 cm³/mol. The third kappa shape index (κ3) is 2.98. The summed E-state index contributed by atoms with van der Waals surface area (Å²) in [5.74, 6) is -0.121. The molecule has 0 unspecified atom stereocenters.